The first-order valence-electron chi connectivity index (χ1n) is 11.2. The molecule has 11 heteroatoms. The molecule has 0 aromatic heterocycles. The zero-order valence-electron chi connectivity index (χ0n) is 19.8. The van der Waals surface area contributed by atoms with Crippen molar-refractivity contribution < 1.29 is 47.9 Å². The molecule has 35 heavy (non-hydrogen) atoms. The van der Waals surface area contributed by atoms with E-state index in [1.165, 1.54) is 20.3 Å². The Balaban J connectivity index is 2.04. The number of allylic oxidation sites excluding steroid dienone is 1. The van der Waals surface area contributed by atoms with Gasteiger partial charge in [0.1, 0.15) is 23.2 Å². The summed E-state index contributed by atoms with van der Waals surface area (Å²) in [6.45, 7) is 0.781. The molecule has 0 saturated carbocycles. The molecule has 0 unspecified atom stereocenters. The molecular weight excluding hydrogens is 484 g/mol. The Morgan fingerprint density at radius 2 is 1.77 bits per heavy atom. The standard InChI is InChI=1S/C24H29ClO10/c1-13-8-17-16(35-17)7-5-4-6-14(26)9-15-22(24(29)34-13)18(32-11-20(27)30-2)10-19(23(15)25)33-12-21(28)31-3/h4,6,10,13-14,16-17,26H,5,7-9,11-12H2,1-3H3/b6-4+/t13-,14+,16+,17+/m1/s1. The average Bonchev–Trinajstić information content (AvgIpc) is 3.56. The zero-order chi connectivity index (χ0) is 25.5. The Hall–Kier alpha value is -2.82. The van der Waals surface area contributed by atoms with Gasteiger partial charge in [-0.1, -0.05) is 23.8 Å². The van der Waals surface area contributed by atoms with Crippen LogP contribution in [0, 0.1) is 0 Å². The molecule has 0 amide bonds. The number of rotatable bonds is 6. The molecule has 0 aliphatic carbocycles. The number of aliphatic hydroxyl groups is 1. The lowest BCUT2D eigenvalue weighted by atomic mass is 9.98. The molecule has 1 fully saturated rings. The Morgan fingerprint density at radius 3 is 2.43 bits per heavy atom. The van der Waals surface area contributed by atoms with Crippen molar-refractivity contribution in [3.8, 4) is 11.5 Å². The quantitative estimate of drug-likeness (QED) is 0.262. The highest BCUT2D eigenvalue weighted by atomic mass is 35.5. The maximum absolute atomic E-state index is 13.3. The molecule has 0 spiro atoms. The van der Waals surface area contributed by atoms with Gasteiger partial charge in [0.2, 0.25) is 0 Å². The molecule has 2 aliphatic rings. The maximum Gasteiger partial charge on any atom is 0.343 e. The Bertz CT molecular complexity index is 976. The van der Waals surface area contributed by atoms with Crippen LogP contribution in [0.2, 0.25) is 5.02 Å². The van der Waals surface area contributed by atoms with Gasteiger partial charge in [-0.2, -0.15) is 0 Å². The van der Waals surface area contributed by atoms with Crippen molar-refractivity contribution in [3.63, 3.8) is 0 Å². The highest BCUT2D eigenvalue weighted by Crippen LogP contribution is 2.40. The predicted octanol–water partition coefficient (Wildman–Crippen LogP) is 2.40. The number of halogens is 1. The van der Waals surface area contributed by atoms with Gasteiger partial charge in [0.15, 0.2) is 13.2 Å². The van der Waals surface area contributed by atoms with Crippen LogP contribution in [-0.4, -0.2) is 74.9 Å². The van der Waals surface area contributed by atoms with E-state index in [1.54, 1.807) is 13.0 Å². The topological polar surface area (TPSA) is 130 Å². The second-order valence-electron chi connectivity index (χ2n) is 8.21. The van der Waals surface area contributed by atoms with Crippen LogP contribution in [0.5, 0.6) is 11.5 Å². The van der Waals surface area contributed by atoms with Crippen molar-refractivity contribution in [1.82, 2.24) is 0 Å². The number of ether oxygens (including phenoxy) is 6. The predicted molar refractivity (Wildman–Crippen MR) is 123 cm³/mol. The minimum atomic E-state index is -1.00. The van der Waals surface area contributed by atoms with Gasteiger partial charge in [-0.25, -0.2) is 14.4 Å². The number of methoxy groups -OCH3 is 2. The van der Waals surface area contributed by atoms with Crippen LogP contribution < -0.4 is 9.47 Å². The van der Waals surface area contributed by atoms with Gasteiger partial charge in [-0.3, -0.25) is 0 Å². The van der Waals surface area contributed by atoms with Gasteiger partial charge in [0.25, 0.3) is 0 Å². The van der Waals surface area contributed by atoms with E-state index in [0.717, 1.165) is 6.42 Å². The average molecular weight is 513 g/mol. The van der Waals surface area contributed by atoms with E-state index in [0.29, 0.717) is 12.8 Å². The molecule has 2 heterocycles. The monoisotopic (exact) mass is 512 g/mol. The van der Waals surface area contributed by atoms with E-state index >= 15 is 0 Å². The van der Waals surface area contributed by atoms with Crippen molar-refractivity contribution in [2.45, 2.75) is 57.0 Å². The summed E-state index contributed by atoms with van der Waals surface area (Å²) in [7, 11) is 2.40. The third-order valence-corrected chi connectivity index (χ3v) is 6.01. The van der Waals surface area contributed by atoms with Crippen molar-refractivity contribution >= 4 is 29.5 Å². The molecular formula is C24H29ClO10. The molecule has 1 saturated heterocycles. The lowest BCUT2D eigenvalue weighted by molar-refractivity contribution is -0.143. The molecule has 1 aromatic rings. The van der Waals surface area contributed by atoms with Gasteiger partial charge in [-0.15, -0.1) is 0 Å². The molecule has 3 rings (SSSR count). The van der Waals surface area contributed by atoms with Crippen LogP contribution in [-0.2, 0) is 35.0 Å². The maximum atomic E-state index is 13.3. The van der Waals surface area contributed by atoms with Crippen LogP contribution in [0.1, 0.15) is 42.1 Å². The first kappa shape index (κ1) is 26.8. The fourth-order valence-corrected chi connectivity index (χ4v) is 4.02. The molecule has 1 N–H and O–H groups in total. The third kappa shape index (κ3) is 7.33. The lowest BCUT2D eigenvalue weighted by Gasteiger charge is -2.21. The minimum absolute atomic E-state index is 0.00282. The molecule has 2 aliphatic heterocycles. The Labute approximate surface area is 208 Å². The molecule has 10 nitrogen and oxygen atoms in total. The van der Waals surface area contributed by atoms with Crippen LogP contribution in [0.25, 0.3) is 0 Å². The summed E-state index contributed by atoms with van der Waals surface area (Å²) in [5, 5.41) is 10.6. The van der Waals surface area contributed by atoms with Gasteiger partial charge >= 0.3 is 17.9 Å². The van der Waals surface area contributed by atoms with E-state index in [1.807, 2.05) is 6.08 Å². The van der Waals surface area contributed by atoms with E-state index in [-0.39, 0.29) is 46.3 Å². The molecule has 1 aromatic carbocycles. The number of epoxide rings is 1. The number of benzene rings is 1. The summed E-state index contributed by atoms with van der Waals surface area (Å²) >= 11 is 6.58. The number of fused-ring (bicyclic) bond motifs is 2. The van der Waals surface area contributed by atoms with Crippen LogP contribution >= 0.6 is 11.6 Å². The summed E-state index contributed by atoms with van der Waals surface area (Å²) in [5.41, 5.74) is 0.120. The van der Waals surface area contributed by atoms with E-state index in [2.05, 4.69) is 9.47 Å². The van der Waals surface area contributed by atoms with Crippen molar-refractivity contribution in [3.05, 3.63) is 34.4 Å². The molecule has 0 bridgehead atoms. The van der Waals surface area contributed by atoms with Crippen molar-refractivity contribution in [2.24, 2.45) is 0 Å². The second-order valence-corrected chi connectivity index (χ2v) is 8.59. The number of hydrogen-bond donors (Lipinski definition) is 1. The number of hydrogen-bond acceptors (Lipinski definition) is 10. The summed E-state index contributed by atoms with van der Waals surface area (Å²) < 4.78 is 31.6. The van der Waals surface area contributed by atoms with E-state index < -0.39 is 43.3 Å². The smallest absolute Gasteiger partial charge is 0.343 e. The largest absolute Gasteiger partial charge is 0.481 e. The number of carbonyl (C=O) groups is 3. The fraction of sp³-hybridized carbons (Fsp3) is 0.542. The first-order valence-corrected chi connectivity index (χ1v) is 11.6. The number of esters is 3. The lowest BCUT2D eigenvalue weighted by Crippen LogP contribution is -2.23. The van der Waals surface area contributed by atoms with Gasteiger partial charge in [0.05, 0.1) is 37.6 Å². The summed E-state index contributed by atoms with van der Waals surface area (Å²) in [5.74, 6) is -2.17. The fourth-order valence-electron chi connectivity index (χ4n) is 3.74. The summed E-state index contributed by atoms with van der Waals surface area (Å²) in [6.07, 6.45) is 4.00. The van der Waals surface area contributed by atoms with Crippen LogP contribution in [0.15, 0.2) is 18.2 Å². The number of aliphatic hydroxyl groups excluding tert-OH is 1. The van der Waals surface area contributed by atoms with Gasteiger partial charge < -0.3 is 33.5 Å². The van der Waals surface area contributed by atoms with Crippen LogP contribution in [0.4, 0.5) is 0 Å². The normalized spacial score (nSPS) is 25.1. The van der Waals surface area contributed by atoms with E-state index in [9.17, 15) is 19.5 Å². The number of carbonyl (C=O) groups excluding carboxylic acids is 3. The minimum Gasteiger partial charge on any atom is -0.481 e. The first-order chi connectivity index (χ1) is 16.7. The van der Waals surface area contributed by atoms with Gasteiger partial charge in [0, 0.05) is 18.9 Å². The van der Waals surface area contributed by atoms with E-state index in [4.69, 9.17) is 30.5 Å². The zero-order valence-corrected chi connectivity index (χ0v) is 20.5. The SMILES string of the molecule is COC(=O)COc1cc(OCC(=O)OC)c2c(c1Cl)C[C@@H](O)/C=C/CC[C@@H]1O[C@H]1C[C@@H](C)OC2=O. The highest BCUT2D eigenvalue weighted by molar-refractivity contribution is 6.33. The molecule has 192 valence electrons. The van der Waals surface area contributed by atoms with Crippen molar-refractivity contribution in [1.29, 1.82) is 0 Å². The number of cyclic esters (lactones) is 1. The second kappa shape index (κ2) is 12.2. The third-order valence-electron chi connectivity index (χ3n) is 5.59. The summed E-state index contributed by atoms with van der Waals surface area (Å²) in [4.78, 5) is 36.6. The molecule has 4 atom stereocenters. The van der Waals surface area contributed by atoms with Crippen LogP contribution in [0.3, 0.4) is 0 Å². The Morgan fingerprint density at radius 1 is 1.11 bits per heavy atom. The summed E-state index contributed by atoms with van der Waals surface area (Å²) in [6, 6.07) is 1.28. The van der Waals surface area contributed by atoms with Crippen molar-refractivity contribution in [2.75, 3.05) is 27.4 Å². The highest BCUT2D eigenvalue weighted by Gasteiger charge is 2.40. The molecule has 0 radical (unpaired) electrons. The van der Waals surface area contributed by atoms with Gasteiger partial charge in [-0.05, 0) is 25.3 Å². The Kier molecular flexibility index (Phi) is 9.36.